The van der Waals surface area contributed by atoms with Crippen LogP contribution in [0.25, 0.3) is 43.1 Å². The van der Waals surface area contributed by atoms with Crippen LogP contribution in [0.4, 0.5) is 0 Å². The molecule has 258 valence electrons. The summed E-state index contributed by atoms with van der Waals surface area (Å²) in [6.45, 7) is 36.2. The monoisotopic (exact) mass is 690 g/mol. The Morgan fingerprint density at radius 2 is 0.760 bits per heavy atom. The highest BCUT2D eigenvalue weighted by atomic mass is 28.3. The Kier molecular flexibility index (Phi) is 10.8. The van der Waals surface area contributed by atoms with Gasteiger partial charge in [-0.3, -0.25) is 0 Å². The van der Waals surface area contributed by atoms with Gasteiger partial charge >= 0.3 is 0 Å². The SMILES string of the molecule is C=CC[Si](C#Cc1c(C)c(C)c(C#C[Si](CC=C)(C(C)C)C(C)C)c2cc3cc4cc5cc(C)c(C)cc5cc4cc3cc12)(C(C)C)C(C)C. The maximum atomic E-state index is 4.17. The summed E-state index contributed by atoms with van der Waals surface area (Å²) in [7, 11) is -3.97. The van der Waals surface area contributed by atoms with Crippen molar-refractivity contribution in [1.29, 1.82) is 0 Å². The summed E-state index contributed by atoms with van der Waals surface area (Å²) >= 11 is 0. The van der Waals surface area contributed by atoms with Crippen LogP contribution in [0.15, 0.2) is 73.8 Å². The molecule has 0 aromatic heterocycles. The van der Waals surface area contributed by atoms with E-state index in [-0.39, 0.29) is 0 Å². The Morgan fingerprint density at radius 3 is 1.04 bits per heavy atom. The molecule has 0 unspecified atom stereocenters. The zero-order chi connectivity index (χ0) is 36.7. The van der Waals surface area contributed by atoms with Gasteiger partial charge < -0.3 is 0 Å². The Morgan fingerprint density at radius 1 is 0.480 bits per heavy atom. The van der Waals surface area contributed by atoms with E-state index < -0.39 is 16.1 Å². The first-order valence-electron chi connectivity index (χ1n) is 18.7. The van der Waals surface area contributed by atoms with E-state index in [0.717, 1.165) is 12.1 Å². The number of fused-ring (bicyclic) bond motifs is 4. The van der Waals surface area contributed by atoms with Crippen LogP contribution >= 0.6 is 0 Å². The molecule has 5 aromatic rings. The third-order valence-electron chi connectivity index (χ3n) is 12.3. The van der Waals surface area contributed by atoms with Crippen LogP contribution in [0.2, 0.25) is 34.3 Å². The van der Waals surface area contributed by atoms with Gasteiger partial charge in [0.2, 0.25) is 0 Å². The van der Waals surface area contributed by atoms with Crippen LogP contribution in [-0.4, -0.2) is 16.1 Å². The van der Waals surface area contributed by atoms with Crippen molar-refractivity contribution in [2.45, 2.75) is 117 Å². The zero-order valence-corrected chi connectivity index (χ0v) is 34.9. The highest BCUT2D eigenvalue weighted by Gasteiger charge is 2.38. The second-order valence-electron chi connectivity index (χ2n) is 16.3. The minimum Gasteiger partial charge on any atom is -0.125 e. The van der Waals surface area contributed by atoms with Crippen LogP contribution in [0.3, 0.4) is 0 Å². The minimum absolute atomic E-state index is 0.537. The topological polar surface area (TPSA) is 0 Å². The van der Waals surface area contributed by atoms with E-state index in [9.17, 15) is 0 Å². The van der Waals surface area contributed by atoms with E-state index in [2.05, 4.69) is 180 Å². The molecule has 0 atom stereocenters. The highest BCUT2D eigenvalue weighted by molar-refractivity contribution is 6.90. The summed E-state index contributed by atoms with van der Waals surface area (Å²) in [6.07, 6.45) is 4.23. The third-order valence-corrected chi connectivity index (χ3v) is 23.6. The molecular weight excluding hydrogens is 633 g/mol. The van der Waals surface area contributed by atoms with Crippen LogP contribution in [0, 0.1) is 50.6 Å². The molecule has 0 radical (unpaired) electrons. The number of allylic oxidation sites excluding steroid dienone is 2. The standard InChI is InChI=1S/C48H58Si2/c1-15-19-49(31(3)4,32(5)6)21-17-45-37(13)38(14)46(18-22-50(20-16-2,33(7)8)34(9)10)48-30-44-28-42-26-40-24-36(12)35(11)23-39(40)25-41(42)27-43(44)29-47(45)48/h15-16,23-34H,1-2,19-20H2,3-14H3. The molecule has 0 N–H and O–H groups in total. The summed E-state index contributed by atoms with van der Waals surface area (Å²) in [4.78, 5) is 0. The molecule has 0 aliphatic carbocycles. The van der Waals surface area contributed by atoms with Crippen molar-refractivity contribution >= 4 is 59.2 Å². The Hall–Kier alpha value is -3.83. The van der Waals surface area contributed by atoms with Gasteiger partial charge in [-0.1, -0.05) is 91.5 Å². The molecule has 50 heavy (non-hydrogen) atoms. The molecule has 0 saturated carbocycles. The van der Waals surface area contributed by atoms with E-state index >= 15 is 0 Å². The number of rotatable bonds is 8. The van der Waals surface area contributed by atoms with Crippen molar-refractivity contribution in [1.82, 2.24) is 0 Å². The molecular formula is C48H58Si2. The molecule has 5 rings (SSSR count). The molecule has 0 heterocycles. The predicted octanol–water partition coefficient (Wildman–Crippen LogP) is 14.2. The third kappa shape index (κ3) is 6.54. The second-order valence-corrected chi connectivity index (χ2v) is 26.4. The summed E-state index contributed by atoms with van der Waals surface area (Å²) in [5.74, 6) is 7.78. The van der Waals surface area contributed by atoms with Gasteiger partial charge in [-0.25, -0.2) is 0 Å². The Bertz CT molecular complexity index is 2090. The second kappa shape index (κ2) is 14.4. The van der Waals surface area contributed by atoms with Gasteiger partial charge in [-0.2, -0.15) is 0 Å². The maximum absolute atomic E-state index is 4.17. The van der Waals surface area contributed by atoms with Gasteiger partial charge in [-0.05, 0) is 164 Å². The molecule has 0 saturated heterocycles. The Balaban J connectivity index is 1.91. The number of hydrogen-bond donors (Lipinski definition) is 0. The van der Waals surface area contributed by atoms with Gasteiger partial charge in [0.05, 0.1) is 0 Å². The fourth-order valence-electron chi connectivity index (χ4n) is 8.39. The lowest BCUT2D eigenvalue weighted by molar-refractivity contribution is 0.909. The van der Waals surface area contributed by atoms with Crippen molar-refractivity contribution in [3.63, 3.8) is 0 Å². The summed E-state index contributed by atoms with van der Waals surface area (Å²) in [5, 5.41) is 10.1. The normalized spacial score (nSPS) is 12.3. The van der Waals surface area contributed by atoms with Crippen LogP contribution < -0.4 is 0 Å². The predicted molar refractivity (Wildman–Crippen MR) is 231 cm³/mol. The first-order chi connectivity index (χ1) is 23.6. The minimum atomic E-state index is -1.98. The smallest absolute Gasteiger partial charge is 0.125 e. The van der Waals surface area contributed by atoms with Gasteiger partial charge in [0, 0.05) is 11.1 Å². The van der Waals surface area contributed by atoms with E-state index in [1.807, 2.05) is 0 Å². The average Bonchev–Trinajstić information content (AvgIpc) is 3.05. The quantitative estimate of drug-likeness (QED) is 0.0658. The molecule has 0 nitrogen and oxygen atoms in total. The molecule has 5 aromatic carbocycles. The molecule has 0 aliphatic rings. The van der Waals surface area contributed by atoms with E-state index in [0.29, 0.717) is 22.2 Å². The number of aryl methyl sites for hydroxylation is 2. The molecule has 2 heteroatoms. The van der Waals surface area contributed by atoms with Crippen LogP contribution in [0.1, 0.15) is 88.8 Å². The van der Waals surface area contributed by atoms with Crippen molar-refractivity contribution in [3.05, 3.63) is 107 Å². The molecule has 0 spiro atoms. The average molecular weight is 691 g/mol. The van der Waals surface area contributed by atoms with Gasteiger partial charge in [0.15, 0.2) is 0 Å². The van der Waals surface area contributed by atoms with Crippen LogP contribution in [-0.2, 0) is 0 Å². The van der Waals surface area contributed by atoms with Crippen LogP contribution in [0.5, 0.6) is 0 Å². The first-order valence-corrected chi connectivity index (χ1v) is 23.5. The van der Waals surface area contributed by atoms with Crippen molar-refractivity contribution in [2.75, 3.05) is 0 Å². The van der Waals surface area contributed by atoms with E-state index in [4.69, 9.17) is 0 Å². The molecule has 0 bridgehead atoms. The lowest BCUT2D eigenvalue weighted by Crippen LogP contribution is -2.39. The molecule has 0 amide bonds. The largest absolute Gasteiger partial charge is 0.147 e. The zero-order valence-electron chi connectivity index (χ0n) is 32.9. The lowest BCUT2D eigenvalue weighted by atomic mass is 9.88. The number of hydrogen-bond acceptors (Lipinski definition) is 0. The van der Waals surface area contributed by atoms with Gasteiger partial charge in [-0.15, -0.1) is 24.2 Å². The first kappa shape index (κ1) is 37.4. The maximum Gasteiger partial charge on any atom is 0.147 e. The van der Waals surface area contributed by atoms with Crippen molar-refractivity contribution in [2.24, 2.45) is 0 Å². The Labute approximate surface area is 305 Å². The lowest BCUT2D eigenvalue weighted by Gasteiger charge is -2.33. The number of benzene rings is 5. The van der Waals surface area contributed by atoms with Gasteiger partial charge in [0.25, 0.3) is 0 Å². The highest BCUT2D eigenvalue weighted by Crippen LogP contribution is 2.39. The molecule has 0 aliphatic heterocycles. The summed E-state index contributed by atoms with van der Waals surface area (Å²) in [6, 6.07) is 21.0. The van der Waals surface area contributed by atoms with Crippen molar-refractivity contribution in [3.8, 4) is 22.9 Å². The molecule has 0 fully saturated rings. The van der Waals surface area contributed by atoms with Crippen molar-refractivity contribution < 1.29 is 0 Å². The summed E-state index contributed by atoms with van der Waals surface area (Å²) in [5.41, 5.74) is 17.7. The van der Waals surface area contributed by atoms with Gasteiger partial charge in [0.1, 0.15) is 16.1 Å². The fourth-order valence-corrected chi connectivity index (χ4v) is 16.0. The van der Waals surface area contributed by atoms with E-state index in [1.54, 1.807) is 0 Å². The summed E-state index contributed by atoms with van der Waals surface area (Å²) < 4.78 is 0. The fraction of sp³-hybridized carbons (Fsp3) is 0.375. The van der Waals surface area contributed by atoms with E-state index in [1.165, 1.54) is 76.5 Å².